The highest BCUT2D eigenvalue weighted by Gasteiger charge is 2.43. The minimum Gasteiger partial charge on any atom is -0.0882 e. The van der Waals surface area contributed by atoms with E-state index in [1.54, 1.807) is 11.1 Å². The molecule has 0 saturated carbocycles. The molecule has 0 nitrogen and oxygen atoms in total. The molecule has 0 bridgehead atoms. The van der Waals surface area contributed by atoms with Gasteiger partial charge in [0, 0.05) is 5.92 Å². The fourth-order valence-corrected chi connectivity index (χ4v) is 3.52. The zero-order valence-corrected chi connectivity index (χ0v) is 11.5. The van der Waals surface area contributed by atoms with Crippen molar-refractivity contribution in [2.75, 3.05) is 0 Å². The summed E-state index contributed by atoms with van der Waals surface area (Å²) in [5.41, 5.74) is 3.42. The Hall–Kier alpha value is -1.04. The molecule has 2 atom stereocenters. The third-order valence-corrected chi connectivity index (χ3v) is 4.39. The first-order chi connectivity index (χ1) is 8.12. The standard InChI is InChI=1S/C17H24/c1-5-7-10-13-14-11-8-9-12-16(14)17(3,4)15(13)6-2/h7-13,15H,5-6H2,1-4H3/b10-7-. The second-order valence-electron chi connectivity index (χ2n) is 5.69. The van der Waals surface area contributed by atoms with Crippen molar-refractivity contribution in [3.8, 4) is 0 Å². The normalized spacial score (nSPS) is 26.4. The number of fused-ring (bicyclic) bond motifs is 1. The molecule has 0 spiro atoms. The van der Waals surface area contributed by atoms with Crippen LogP contribution in [0, 0.1) is 5.92 Å². The van der Waals surface area contributed by atoms with Gasteiger partial charge in [-0.1, -0.05) is 70.5 Å². The largest absolute Gasteiger partial charge is 0.0882 e. The summed E-state index contributed by atoms with van der Waals surface area (Å²) in [6.45, 7) is 9.34. The molecule has 0 amide bonds. The van der Waals surface area contributed by atoms with Gasteiger partial charge in [-0.05, 0) is 28.9 Å². The highest BCUT2D eigenvalue weighted by Crippen LogP contribution is 2.52. The molecule has 1 aromatic carbocycles. The van der Waals surface area contributed by atoms with Gasteiger partial charge in [-0.25, -0.2) is 0 Å². The van der Waals surface area contributed by atoms with Gasteiger partial charge in [-0.2, -0.15) is 0 Å². The lowest BCUT2D eigenvalue weighted by atomic mass is 9.74. The first-order valence-corrected chi connectivity index (χ1v) is 6.89. The smallest absolute Gasteiger partial charge is 0.00573 e. The highest BCUT2D eigenvalue weighted by molar-refractivity contribution is 5.45. The number of rotatable bonds is 3. The quantitative estimate of drug-likeness (QED) is 0.635. The molecule has 0 radical (unpaired) electrons. The molecular formula is C17H24. The molecule has 0 heteroatoms. The summed E-state index contributed by atoms with van der Waals surface area (Å²) in [6, 6.07) is 8.99. The van der Waals surface area contributed by atoms with Crippen molar-refractivity contribution >= 4 is 0 Å². The average Bonchev–Trinajstić information content (AvgIpc) is 2.55. The molecular weight excluding hydrogens is 204 g/mol. The Balaban J connectivity index is 2.48. The number of hydrogen-bond donors (Lipinski definition) is 0. The first kappa shape index (κ1) is 12.4. The summed E-state index contributed by atoms with van der Waals surface area (Å²) in [6.07, 6.45) is 7.14. The van der Waals surface area contributed by atoms with E-state index in [9.17, 15) is 0 Å². The van der Waals surface area contributed by atoms with Crippen molar-refractivity contribution in [1.82, 2.24) is 0 Å². The van der Waals surface area contributed by atoms with Crippen LogP contribution in [0.3, 0.4) is 0 Å². The van der Waals surface area contributed by atoms with Gasteiger partial charge < -0.3 is 0 Å². The van der Waals surface area contributed by atoms with Gasteiger partial charge in [0.15, 0.2) is 0 Å². The fraction of sp³-hybridized carbons (Fsp3) is 0.529. The monoisotopic (exact) mass is 228 g/mol. The van der Waals surface area contributed by atoms with Crippen molar-refractivity contribution < 1.29 is 0 Å². The number of benzene rings is 1. The van der Waals surface area contributed by atoms with E-state index in [1.165, 1.54) is 6.42 Å². The molecule has 0 saturated heterocycles. The Morgan fingerprint density at radius 3 is 2.53 bits per heavy atom. The van der Waals surface area contributed by atoms with E-state index >= 15 is 0 Å². The van der Waals surface area contributed by atoms with E-state index in [0.29, 0.717) is 11.3 Å². The first-order valence-electron chi connectivity index (χ1n) is 6.89. The topological polar surface area (TPSA) is 0 Å². The molecule has 2 rings (SSSR count). The molecule has 1 aliphatic carbocycles. The molecule has 0 aliphatic heterocycles. The second-order valence-corrected chi connectivity index (χ2v) is 5.69. The predicted molar refractivity (Wildman–Crippen MR) is 75.4 cm³/mol. The van der Waals surface area contributed by atoms with E-state index < -0.39 is 0 Å². The van der Waals surface area contributed by atoms with Crippen LogP contribution in [0.4, 0.5) is 0 Å². The average molecular weight is 228 g/mol. The van der Waals surface area contributed by atoms with Gasteiger partial charge in [0.05, 0.1) is 0 Å². The van der Waals surface area contributed by atoms with Crippen molar-refractivity contribution in [2.24, 2.45) is 5.92 Å². The third kappa shape index (κ3) is 1.94. The van der Waals surface area contributed by atoms with Crippen molar-refractivity contribution in [3.63, 3.8) is 0 Å². The van der Waals surface area contributed by atoms with Crippen LogP contribution in [0.5, 0.6) is 0 Å². The van der Waals surface area contributed by atoms with Crippen LogP contribution in [0.1, 0.15) is 57.6 Å². The van der Waals surface area contributed by atoms with Gasteiger partial charge in [-0.15, -0.1) is 0 Å². The van der Waals surface area contributed by atoms with Crippen LogP contribution in [0.15, 0.2) is 36.4 Å². The van der Waals surface area contributed by atoms with Crippen molar-refractivity contribution in [2.45, 2.75) is 51.9 Å². The summed E-state index contributed by atoms with van der Waals surface area (Å²) in [5, 5.41) is 0. The minimum absolute atomic E-state index is 0.314. The van der Waals surface area contributed by atoms with Gasteiger partial charge in [0.2, 0.25) is 0 Å². The van der Waals surface area contributed by atoms with Crippen LogP contribution in [-0.2, 0) is 5.41 Å². The number of allylic oxidation sites excluding steroid dienone is 2. The maximum Gasteiger partial charge on any atom is 0.00573 e. The van der Waals surface area contributed by atoms with Gasteiger partial charge in [0.25, 0.3) is 0 Å². The second kappa shape index (κ2) is 4.68. The summed E-state index contributed by atoms with van der Waals surface area (Å²) in [7, 11) is 0. The van der Waals surface area contributed by atoms with Crippen LogP contribution < -0.4 is 0 Å². The summed E-state index contributed by atoms with van der Waals surface area (Å²) >= 11 is 0. The fourth-order valence-electron chi connectivity index (χ4n) is 3.52. The zero-order chi connectivity index (χ0) is 12.5. The molecule has 92 valence electrons. The van der Waals surface area contributed by atoms with Crippen molar-refractivity contribution in [1.29, 1.82) is 0 Å². The van der Waals surface area contributed by atoms with Crippen LogP contribution in [0.2, 0.25) is 0 Å². The Kier molecular flexibility index (Phi) is 3.42. The lowest BCUT2D eigenvalue weighted by Gasteiger charge is -2.29. The Morgan fingerprint density at radius 1 is 1.18 bits per heavy atom. The molecule has 0 aromatic heterocycles. The van der Waals surface area contributed by atoms with Gasteiger partial charge >= 0.3 is 0 Å². The Labute approximate surface area is 106 Å². The van der Waals surface area contributed by atoms with E-state index in [4.69, 9.17) is 0 Å². The van der Waals surface area contributed by atoms with E-state index in [1.807, 2.05) is 0 Å². The van der Waals surface area contributed by atoms with E-state index in [2.05, 4.69) is 64.1 Å². The van der Waals surface area contributed by atoms with Crippen LogP contribution >= 0.6 is 0 Å². The Bertz CT molecular complexity index is 412. The summed E-state index contributed by atoms with van der Waals surface area (Å²) < 4.78 is 0. The molecule has 0 heterocycles. The van der Waals surface area contributed by atoms with E-state index in [-0.39, 0.29) is 0 Å². The van der Waals surface area contributed by atoms with E-state index in [0.717, 1.165) is 12.3 Å². The maximum atomic E-state index is 2.43. The maximum absolute atomic E-state index is 2.43. The molecule has 1 aliphatic rings. The molecule has 2 unspecified atom stereocenters. The highest BCUT2D eigenvalue weighted by atomic mass is 14.5. The van der Waals surface area contributed by atoms with Gasteiger partial charge in [0.1, 0.15) is 0 Å². The summed E-state index contributed by atoms with van der Waals surface area (Å²) in [4.78, 5) is 0. The van der Waals surface area contributed by atoms with Crippen molar-refractivity contribution in [3.05, 3.63) is 47.5 Å². The molecule has 0 N–H and O–H groups in total. The zero-order valence-electron chi connectivity index (χ0n) is 11.5. The molecule has 0 fully saturated rings. The van der Waals surface area contributed by atoms with Crippen LogP contribution in [0.25, 0.3) is 0 Å². The SMILES string of the molecule is CC/C=C\C1c2ccccc2C(C)(C)C1CC. The molecule has 17 heavy (non-hydrogen) atoms. The lowest BCUT2D eigenvalue weighted by molar-refractivity contribution is 0.318. The number of hydrogen-bond acceptors (Lipinski definition) is 0. The summed E-state index contributed by atoms with van der Waals surface area (Å²) in [5.74, 6) is 1.36. The minimum atomic E-state index is 0.314. The third-order valence-electron chi connectivity index (χ3n) is 4.39. The Morgan fingerprint density at radius 2 is 1.88 bits per heavy atom. The van der Waals surface area contributed by atoms with Gasteiger partial charge in [-0.3, -0.25) is 0 Å². The van der Waals surface area contributed by atoms with Crippen LogP contribution in [-0.4, -0.2) is 0 Å². The predicted octanol–water partition coefficient (Wildman–Crippen LogP) is 5.05. The lowest BCUT2D eigenvalue weighted by Crippen LogP contribution is -2.24. The molecule has 1 aromatic rings.